The number of fused-ring (bicyclic) bond motifs is 1. The summed E-state index contributed by atoms with van der Waals surface area (Å²) in [5.41, 5.74) is 1.61. The van der Waals surface area contributed by atoms with E-state index < -0.39 is 15.7 Å². The number of hydrogen-bond donors (Lipinski definition) is 0. The highest BCUT2D eigenvalue weighted by Crippen LogP contribution is 2.35. The molecule has 0 unspecified atom stereocenters. The van der Waals surface area contributed by atoms with Gasteiger partial charge in [0.05, 0.1) is 33.5 Å². The molecule has 0 bridgehead atoms. The summed E-state index contributed by atoms with van der Waals surface area (Å²) in [4.78, 5) is 19.6. The first kappa shape index (κ1) is 20.6. The highest BCUT2D eigenvalue weighted by atomic mass is 35.5. The number of hydrogen-bond acceptors (Lipinski definition) is 6. The van der Waals surface area contributed by atoms with Crippen molar-refractivity contribution in [2.45, 2.75) is 18.4 Å². The second kappa shape index (κ2) is 7.86. The van der Waals surface area contributed by atoms with Gasteiger partial charge in [-0.05, 0) is 48.9 Å². The van der Waals surface area contributed by atoms with Gasteiger partial charge in [0, 0.05) is 11.3 Å². The van der Waals surface area contributed by atoms with E-state index in [1.807, 2.05) is 13.0 Å². The zero-order chi connectivity index (χ0) is 21.5. The van der Waals surface area contributed by atoms with E-state index in [1.54, 1.807) is 30.3 Å². The largest absolute Gasteiger partial charge is 0.467 e. The summed E-state index contributed by atoms with van der Waals surface area (Å²) < 4.78 is 30.8. The van der Waals surface area contributed by atoms with Crippen molar-refractivity contribution in [2.75, 3.05) is 11.2 Å². The summed E-state index contributed by atoms with van der Waals surface area (Å²) >= 11 is 7.55. The average Bonchev–Trinajstić information content (AvgIpc) is 3.38. The van der Waals surface area contributed by atoms with Gasteiger partial charge in [-0.1, -0.05) is 35.1 Å². The Hall–Kier alpha value is -2.68. The molecule has 2 heterocycles. The molecule has 0 aliphatic carbocycles. The van der Waals surface area contributed by atoms with Gasteiger partial charge >= 0.3 is 0 Å². The lowest BCUT2D eigenvalue weighted by molar-refractivity contribution is 0.0980. The van der Waals surface area contributed by atoms with E-state index in [1.165, 1.54) is 34.6 Å². The lowest BCUT2D eigenvalue weighted by atomic mass is 10.2. The standard InChI is InChI=1S/C21H17ClN2O4S2/c1-13-16(22)9-10-17-19(13)23-21(29-17)24(12-14-6-5-11-28-14)20(25)15-7-3-4-8-18(15)30(2,26)27/h3-11H,12H2,1-2H3. The molecule has 9 heteroatoms. The number of rotatable bonds is 5. The molecule has 4 aromatic rings. The number of furan rings is 1. The molecule has 0 aliphatic heterocycles. The summed E-state index contributed by atoms with van der Waals surface area (Å²) in [5.74, 6) is 0.0735. The Kier molecular flexibility index (Phi) is 5.40. The maximum atomic E-state index is 13.5. The quantitative estimate of drug-likeness (QED) is 0.413. The molecular formula is C21H17ClN2O4S2. The molecule has 0 aliphatic rings. The van der Waals surface area contributed by atoms with Crippen LogP contribution in [-0.4, -0.2) is 25.6 Å². The van der Waals surface area contributed by atoms with E-state index in [-0.39, 0.29) is 17.0 Å². The first-order chi connectivity index (χ1) is 14.3. The van der Waals surface area contributed by atoms with Gasteiger partial charge in [0.15, 0.2) is 15.0 Å². The van der Waals surface area contributed by atoms with Crippen LogP contribution >= 0.6 is 22.9 Å². The summed E-state index contributed by atoms with van der Waals surface area (Å²) in [6.07, 6.45) is 2.60. The van der Waals surface area contributed by atoms with Gasteiger partial charge in [0.1, 0.15) is 5.76 Å². The molecule has 0 N–H and O–H groups in total. The molecule has 1 amide bonds. The molecule has 0 saturated carbocycles. The number of halogens is 1. The maximum absolute atomic E-state index is 13.5. The van der Waals surface area contributed by atoms with E-state index in [0.29, 0.717) is 21.4 Å². The Labute approximate surface area is 182 Å². The summed E-state index contributed by atoms with van der Waals surface area (Å²) in [5, 5.41) is 1.02. The summed E-state index contributed by atoms with van der Waals surface area (Å²) in [6, 6.07) is 13.3. The maximum Gasteiger partial charge on any atom is 0.261 e. The molecule has 2 aromatic heterocycles. The zero-order valence-corrected chi connectivity index (χ0v) is 18.5. The molecule has 6 nitrogen and oxygen atoms in total. The van der Waals surface area contributed by atoms with Crippen molar-refractivity contribution in [3.8, 4) is 0 Å². The fraction of sp³-hybridized carbons (Fsp3) is 0.143. The molecule has 4 rings (SSSR count). The minimum absolute atomic E-state index is 0.0280. The lowest BCUT2D eigenvalue weighted by Crippen LogP contribution is -2.31. The second-order valence-corrected chi connectivity index (χ2v) is 10.2. The van der Waals surface area contributed by atoms with Crippen molar-refractivity contribution in [3.63, 3.8) is 0 Å². The van der Waals surface area contributed by atoms with Crippen LogP contribution in [0.2, 0.25) is 5.02 Å². The number of carbonyl (C=O) groups excluding carboxylic acids is 1. The van der Waals surface area contributed by atoms with Crippen LogP contribution in [0, 0.1) is 6.92 Å². The third-order valence-electron chi connectivity index (χ3n) is 4.62. The number of aromatic nitrogens is 1. The van der Waals surface area contributed by atoms with Crippen LogP contribution in [0.25, 0.3) is 10.2 Å². The van der Waals surface area contributed by atoms with Crippen LogP contribution in [-0.2, 0) is 16.4 Å². The van der Waals surface area contributed by atoms with Crippen molar-refractivity contribution in [1.29, 1.82) is 0 Å². The number of thiazole rings is 1. The molecule has 0 fully saturated rings. The number of carbonyl (C=O) groups is 1. The third-order valence-corrected chi connectivity index (χ3v) is 7.23. The monoisotopic (exact) mass is 460 g/mol. The smallest absolute Gasteiger partial charge is 0.261 e. The van der Waals surface area contributed by atoms with Gasteiger partial charge in [-0.15, -0.1) is 0 Å². The molecule has 154 valence electrons. The number of aryl methyl sites for hydroxylation is 1. The van der Waals surface area contributed by atoms with Crippen molar-refractivity contribution >= 4 is 54.0 Å². The number of anilines is 1. The topological polar surface area (TPSA) is 80.5 Å². The van der Waals surface area contributed by atoms with Crippen LogP contribution in [0.5, 0.6) is 0 Å². The number of sulfone groups is 1. The summed E-state index contributed by atoms with van der Waals surface area (Å²) in [7, 11) is -3.60. The Morgan fingerprint density at radius 2 is 1.93 bits per heavy atom. The lowest BCUT2D eigenvalue weighted by Gasteiger charge is -2.20. The van der Waals surface area contributed by atoms with Crippen LogP contribution in [0.1, 0.15) is 21.7 Å². The highest BCUT2D eigenvalue weighted by Gasteiger charge is 2.27. The summed E-state index contributed by atoms with van der Waals surface area (Å²) in [6.45, 7) is 1.97. The van der Waals surface area contributed by atoms with Gasteiger partial charge in [0.25, 0.3) is 5.91 Å². The minimum atomic E-state index is -3.60. The molecule has 0 spiro atoms. The van der Waals surface area contributed by atoms with Crippen LogP contribution < -0.4 is 4.90 Å². The van der Waals surface area contributed by atoms with E-state index >= 15 is 0 Å². The van der Waals surface area contributed by atoms with Gasteiger partial charge in [-0.25, -0.2) is 13.4 Å². The van der Waals surface area contributed by atoms with Crippen molar-refractivity contribution in [3.05, 3.63) is 76.7 Å². The highest BCUT2D eigenvalue weighted by molar-refractivity contribution is 7.90. The minimum Gasteiger partial charge on any atom is -0.467 e. The van der Waals surface area contributed by atoms with Crippen LogP contribution in [0.15, 0.2) is 64.1 Å². The molecule has 0 saturated heterocycles. The van der Waals surface area contributed by atoms with Gasteiger partial charge in [0.2, 0.25) is 0 Å². The van der Waals surface area contributed by atoms with Gasteiger partial charge < -0.3 is 4.42 Å². The van der Waals surface area contributed by atoms with E-state index in [4.69, 9.17) is 16.0 Å². The zero-order valence-electron chi connectivity index (χ0n) is 16.1. The van der Waals surface area contributed by atoms with Gasteiger partial charge in [-0.3, -0.25) is 9.69 Å². The Morgan fingerprint density at radius 3 is 2.63 bits per heavy atom. The first-order valence-corrected chi connectivity index (χ1v) is 12.0. The fourth-order valence-corrected chi connectivity index (χ4v) is 5.16. The second-order valence-electron chi connectivity index (χ2n) is 6.75. The normalized spacial score (nSPS) is 11.7. The fourth-order valence-electron chi connectivity index (χ4n) is 3.10. The Morgan fingerprint density at radius 1 is 1.17 bits per heavy atom. The molecule has 2 aromatic carbocycles. The van der Waals surface area contributed by atoms with Crippen molar-refractivity contribution < 1.29 is 17.6 Å². The molecule has 0 radical (unpaired) electrons. The molecule has 30 heavy (non-hydrogen) atoms. The van der Waals surface area contributed by atoms with E-state index in [0.717, 1.165) is 16.5 Å². The van der Waals surface area contributed by atoms with E-state index in [9.17, 15) is 13.2 Å². The van der Waals surface area contributed by atoms with Crippen molar-refractivity contribution in [1.82, 2.24) is 4.98 Å². The Bertz CT molecular complexity index is 1340. The average molecular weight is 461 g/mol. The van der Waals surface area contributed by atoms with E-state index in [2.05, 4.69) is 4.98 Å². The van der Waals surface area contributed by atoms with Crippen LogP contribution in [0.4, 0.5) is 5.13 Å². The van der Waals surface area contributed by atoms with Gasteiger partial charge in [-0.2, -0.15) is 0 Å². The predicted octanol–water partition coefficient (Wildman–Crippen LogP) is 5.10. The third kappa shape index (κ3) is 3.86. The first-order valence-electron chi connectivity index (χ1n) is 8.94. The number of amides is 1. The molecule has 0 atom stereocenters. The SMILES string of the molecule is Cc1c(Cl)ccc2sc(N(Cc3ccco3)C(=O)c3ccccc3S(C)(=O)=O)nc12. The molecular weight excluding hydrogens is 444 g/mol. The predicted molar refractivity (Wildman–Crippen MR) is 118 cm³/mol. The number of benzene rings is 2. The van der Waals surface area contributed by atoms with Crippen molar-refractivity contribution in [2.24, 2.45) is 0 Å². The number of nitrogens with zero attached hydrogens (tertiary/aromatic N) is 2. The Balaban J connectivity index is 1.86. The van der Waals surface area contributed by atoms with Crippen LogP contribution in [0.3, 0.4) is 0 Å².